The molecule has 0 unspecified atom stereocenters. The summed E-state index contributed by atoms with van der Waals surface area (Å²) < 4.78 is 0. The first-order valence-corrected chi connectivity index (χ1v) is 11.6. The Bertz CT molecular complexity index is 997. The fourth-order valence-electron chi connectivity index (χ4n) is 3.97. The molecule has 0 aliphatic heterocycles. The first-order valence-electron chi connectivity index (χ1n) is 10.7. The molecule has 156 valence electrons. The number of benzene rings is 1. The second kappa shape index (κ2) is 8.68. The van der Waals surface area contributed by atoms with Gasteiger partial charge in [-0.25, -0.2) is 4.98 Å². The Balaban J connectivity index is 1.67. The Morgan fingerprint density at radius 2 is 1.63 bits per heavy atom. The summed E-state index contributed by atoms with van der Waals surface area (Å²) in [5.41, 5.74) is 4.43. The lowest BCUT2D eigenvalue weighted by Gasteiger charge is -2.19. The van der Waals surface area contributed by atoms with Gasteiger partial charge >= 0.3 is 0 Å². The van der Waals surface area contributed by atoms with Crippen LogP contribution >= 0.6 is 11.3 Å². The van der Waals surface area contributed by atoms with Gasteiger partial charge in [0.05, 0.1) is 10.6 Å². The maximum Gasteiger partial charge on any atom is 0.229 e. The number of rotatable bonds is 4. The predicted octanol–water partition coefficient (Wildman–Crippen LogP) is 6.69. The SMILES string of the molecule is CC(C)(C)c1ccc(-c2nc(NC(=O)C3CCCCC3)sc2-c2ccncc2)cc1. The minimum Gasteiger partial charge on any atom is -0.302 e. The van der Waals surface area contributed by atoms with Crippen molar-refractivity contribution >= 4 is 22.4 Å². The molecule has 2 aromatic heterocycles. The highest BCUT2D eigenvalue weighted by molar-refractivity contribution is 7.19. The molecule has 2 heterocycles. The van der Waals surface area contributed by atoms with E-state index in [-0.39, 0.29) is 17.2 Å². The molecule has 1 N–H and O–H groups in total. The molecule has 0 saturated heterocycles. The second-order valence-corrected chi connectivity index (χ2v) is 10.1. The van der Waals surface area contributed by atoms with Gasteiger partial charge in [-0.05, 0) is 41.5 Å². The number of hydrogen-bond acceptors (Lipinski definition) is 4. The Hall–Kier alpha value is -2.53. The van der Waals surface area contributed by atoms with Crippen LogP contribution in [-0.2, 0) is 10.2 Å². The van der Waals surface area contributed by atoms with Crippen LogP contribution < -0.4 is 5.32 Å². The van der Waals surface area contributed by atoms with Crippen LogP contribution in [0.5, 0.6) is 0 Å². The van der Waals surface area contributed by atoms with Gasteiger partial charge in [-0.1, -0.05) is 75.6 Å². The Kier molecular flexibility index (Phi) is 6.00. The molecule has 0 radical (unpaired) electrons. The van der Waals surface area contributed by atoms with Crippen molar-refractivity contribution in [2.45, 2.75) is 58.3 Å². The summed E-state index contributed by atoms with van der Waals surface area (Å²) >= 11 is 1.54. The summed E-state index contributed by atoms with van der Waals surface area (Å²) in [6.45, 7) is 6.64. The molecule has 0 bridgehead atoms. The Morgan fingerprint density at radius 1 is 0.967 bits per heavy atom. The molecule has 0 atom stereocenters. The van der Waals surface area contributed by atoms with Gasteiger partial charge in [-0.15, -0.1) is 0 Å². The zero-order chi connectivity index (χ0) is 21.1. The highest BCUT2D eigenvalue weighted by Crippen LogP contribution is 2.39. The van der Waals surface area contributed by atoms with Gasteiger partial charge in [0.15, 0.2) is 5.13 Å². The number of nitrogens with zero attached hydrogens (tertiary/aromatic N) is 2. The quantitative estimate of drug-likeness (QED) is 0.512. The van der Waals surface area contributed by atoms with Crippen LogP contribution in [-0.4, -0.2) is 15.9 Å². The average molecular weight is 420 g/mol. The van der Waals surface area contributed by atoms with Crippen LogP contribution in [0.15, 0.2) is 48.8 Å². The van der Waals surface area contributed by atoms with Gasteiger partial charge in [-0.2, -0.15) is 0 Å². The third-order valence-electron chi connectivity index (χ3n) is 5.80. The maximum absolute atomic E-state index is 12.8. The van der Waals surface area contributed by atoms with Crippen LogP contribution in [0.25, 0.3) is 21.7 Å². The molecule has 1 aliphatic carbocycles. The second-order valence-electron chi connectivity index (χ2n) is 9.08. The first kappa shape index (κ1) is 20.7. The molecule has 3 aromatic rings. The van der Waals surface area contributed by atoms with Crippen LogP contribution in [0.1, 0.15) is 58.4 Å². The lowest BCUT2D eigenvalue weighted by atomic mass is 9.86. The maximum atomic E-state index is 12.8. The van der Waals surface area contributed by atoms with Gasteiger partial charge < -0.3 is 5.32 Å². The van der Waals surface area contributed by atoms with E-state index in [0.717, 1.165) is 47.4 Å². The number of nitrogens with one attached hydrogen (secondary N) is 1. The van der Waals surface area contributed by atoms with Gasteiger partial charge in [0.1, 0.15) is 0 Å². The molecule has 1 saturated carbocycles. The Labute approximate surface area is 182 Å². The summed E-state index contributed by atoms with van der Waals surface area (Å²) in [4.78, 5) is 22.8. The summed E-state index contributed by atoms with van der Waals surface area (Å²) in [7, 11) is 0. The molecule has 1 amide bonds. The lowest BCUT2D eigenvalue weighted by Crippen LogP contribution is -2.24. The normalized spacial score (nSPS) is 15.2. The highest BCUT2D eigenvalue weighted by Gasteiger charge is 2.23. The molecule has 0 spiro atoms. The number of aromatic nitrogens is 2. The van der Waals surface area contributed by atoms with Crippen molar-refractivity contribution in [2.75, 3.05) is 5.32 Å². The minimum atomic E-state index is 0.105. The highest BCUT2D eigenvalue weighted by atomic mass is 32.1. The number of anilines is 1. The molecule has 30 heavy (non-hydrogen) atoms. The van der Waals surface area contributed by atoms with Gasteiger partial charge in [0.2, 0.25) is 5.91 Å². The molecule has 5 heteroatoms. The molecular weight excluding hydrogens is 390 g/mol. The molecule has 1 aliphatic rings. The third kappa shape index (κ3) is 4.62. The van der Waals surface area contributed by atoms with Crippen molar-refractivity contribution in [1.82, 2.24) is 9.97 Å². The number of carbonyl (C=O) groups excluding carboxylic acids is 1. The van der Waals surface area contributed by atoms with E-state index in [0.29, 0.717) is 5.13 Å². The summed E-state index contributed by atoms with van der Waals surface area (Å²) in [5.74, 6) is 0.223. The molecular formula is C25H29N3OS. The number of hydrogen-bond donors (Lipinski definition) is 1. The topological polar surface area (TPSA) is 54.9 Å². The zero-order valence-corrected chi connectivity index (χ0v) is 18.8. The largest absolute Gasteiger partial charge is 0.302 e. The van der Waals surface area contributed by atoms with Crippen molar-refractivity contribution < 1.29 is 4.79 Å². The number of thiazole rings is 1. The molecule has 1 aromatic carbocycles. The average Bonchev–Trinajstić information content (AvgIpc) is 3.18. The number of amides is 1. The molecule has 4 nitrogen and oxygen atoms in total. The van der Waals surface area contributed by atoms with Crippen LogP contribution in [0.3, 0.4) is 0 Å². The summed E-state index contributed by atoms with van der Waals surface area (Å²) in [6.07, 6.45) is 9.07. The molecule has 1 fully saturated rings. The standard InChI is InChI=1S/C25H29N3OS/c1-25(2,3)20-11-9-17(10-12-20)21-22(18-13-15-26-16-14-18)30-24(27-21)28-23(29)19-7-5-4-6-8-19/h9-16,19H,4-8H2,1-3H3,(H,27,28,29). The Morgan fingerprint density at radius 3 is 2.27 bits per heavy atom. The van der Waals surface area contributed by atoms with E-state index in [1.54, 1.807) is 12.4 Å². The monoisotopic (exact) mass is 419 g/mol. The van der Waals surface area contributed by atoms with Crippen molar-refractivity contribution in [3.63, 3.8) is 0 Å². The zero-order valence-electron chi connectivity index (χ0n) is 17.9. The van der Waals surface area contributed by atoms with Gasteiger partial charge in [0, 0.05) is 23.9 Å². The van der Waals surface area contributed by atoms with Gasteiger partial charge in [-0.3, -0.25) is 9.78 Å². The predicted molar refractivity (Wildman–Crippen MR) is 125 cm³/mol. The van der Waals surface area contributed by atoms with E-state index in [1.807, 2.05) is 12.1 Å². The lowest BCUT2D eigenvalue weighted by molar-refractivity contribution is -0.120. The third-order valence-corrected chi connectivity index (χ3v) is 6.82. The number of carbonyl (C=O) groups is 1. The van der Waals surface area contributed by atoms with Crippen LogP contribution in [0.2, 0.25) is 0 Å². The van der Waals surface area contributed by atoms with E-state index < -0.39 is 0 Å². The first-order chi connectivity index (χ1) is 14.4. The van der Waals surface area contributed by atoms with Crippen molar-refractivity contribution in [3.8, 4) is 21.7 Å². The smallest absolute Gasteiger partial charge is 0.229 e. The van der Waals surface area contributed by atoms with Crippen LogP contribution in [0, 0.1) is 5.92 Å². The van der Waals surface area contributed by atoms with E-state index >= 15 is 0 Å². The van der Waals surface area contributed by atoms with Gasteiger partial charge in [0.25, 0.3) is 0 Å². The van der Waals surface area contributed by atoms with Crippen LogP contribution in [0.4, 0.5) is 5.13 Å². The van der Waals surface area contributed by atoms with E-state index in [9.17, 15) is 4.79 Å². The fraction of sp³-hybridized carbons (Fsp3) is 0.400. The summed E-state index contributed by atoms with van der Waals surface area (Å²) in [5, 5.41) is 3.77. The summed E-state index contributed by atoms with van der Waals surface area (Å²) in [6, 6.07) is 12.6. The van der Waals surface area contributed by atoms with Crippen molar-refractivity contribution in [3.05, 3.63) is 54.4 Å². The van der Waals surface area contributed by atoms with Crippen molar-refractivity contribution in [2.24, 2.45) is 5.92 Å². The van der Waals surface area contributed by atoms with E-state index in [4.69, 9.17) is 4.98 Å². The number of pyridine rings is 1. The van der Waals surface area contributed by atoms with Crippen molar-refractivity contribution in [1.29, 1.82) is 0 Å². The minimum absolute atomic E-state index is 0.105. The van der Waals surface area contributed by atoms with E-state index in [2.05, 4.69) is 55.3 Å². The fourth-order valence-corrected chi connectivity index (χ4v) is 4.96. The van der Waals surface area contributed by atoms with E-state index in [1.165, 1.54) is 23.3 Å². The molecule has 4 rings (SSSR count).